The summed E-state index contributed by atoms with van der Waals surface area (Å²) in [5, 5.41) is 4.41. The highest BCUT2D eigenvalue weighted by Gasteiger charge is 2.23. The molecule has 0 atom stereocenters. The molecule has 1 aromatic heterocycles. The number of nitrogens with zero attached hydrogens (tertiary/aromatic N) is 4. The molecule has 1 fully saturated rings. The highest BCUT2D eigenvalue weighted by Crippen LogP contribution is 2.28. The lowest BCUT2D eigenvalue weighted by atomic mass is 10.1. The van der Waals surface area contributed by atoms with E-state index >= 15 is 0 Å². The van der Waals surface area contributed by atoms with Crippen molar-refractivity contribution in [2.24, 2.45) is 0 Å². The van der Waals surface area contributed by atoms with Crippen LogP contribution in [0.25, 0.3) is 11.3 Å². The highest BCUT2D eigenvalue weighted by molar-refractivity contribution is 5.76. The smallest absolute Gasteiger partial charge is 0.267 e. The molecule has 4 rings (SSSR count). The van der Waals surface area contributed by atoms with Crippen LogP contribution in [-0.4, -0.2) is 61.0 Å². The lowest BCUT2D eigenvalue weighted by molar-refractivity contribution is -0.132. The second-order valence-corrected chi connectivity index (χ2v) is 7.49. The number of carbonyl (C=O) groups is 1. The van der Waals surface area contributed by atoms with Crippen LogP contribution in [0.2, 0.25) is 0 Å². The number of rotatable bonds is 6. The average molecular weight is 434 g/mol. The number of ether oxygens (including phenoxy) is 2. The Labute approximate surface area is 186 Å². The molecule has 166 valence electrons. The zero-order chi connectivity index (χ0) is 22.5. The van der Waals surface area contributed by atoms with Gasteiger partial charge in [0, 0.05) is 37.8 Å². The van der Waals surface area contributed by atoms with E-state index < -0.39 is 0 Å². The Hall–Kier alpha value is -3.81. The predicted molar refractivity (Wildman–Crippen MR) is 122 cm³/mol. The molecular weight excluding hydrogens is 408 g/mol. The van der Waals surface area contributed by atoms with Gasteiger partial charge in [-0.1, -0.05) is 24.3 Å². The molecule has 1 aliphatic heterocycles. The van der Waals surface area contributed by atoms with E-state index in [1.807, 2.05) is 48.5 Å². The van der Waals surface area contributed by atoms with Crippen molar-refractivity contribution in [2.75, 3.05) is 45.3 Å². The molecule has 0 bridgehead atoms. The second kappa shape index (κ2) is 9.55. The monoisotopic (exact) mass is 434 g/mol. The third-order valence-corrected chi connectivity index (χ3v) is 5.58. The summed E-state index contributed by atoms with van der Waals surface area (Å²) in [4.78, 5) is 29.2. The first-order chi connectivity index (χ1) is 15.6. The fraction of sp³-hybridized carbons (Fsp3) is 0.292. The molecule has 32 heavy (non-hydrogen) atoms. The SMILES string of the molecule is COc1cccc(-c2ccc(=O)n(CC(=O)N3CCN(c4ccccc4OC)CC3)n2)c1. The molecule has 0 N–H and O–H groups in total. The average Bonchev–Trinajstić information content (AvgIpc) is 2.85. The molecule has 1 aliphatic rings. The zero-order valence-electron chi connectivity index (χ0n) is 18.2. The summed E-state index contributed by atoms with van der Waals surface area (Å²) in [5.74, 6) is 1.39. The van der Waals surface area contributed by atoms with E-state index in [0.717, 1.165) is 17.0 Å². The molecule has 0 spiro atoms. The van der Waals surface area contributed by atoms with Gasteiger partial charge in [0.1, 0.15) is 18.0 Å². The van der Waals surface area contributed by atoms with E-state index in [1.165, 1.54) is 10.7 Å². The van der Waals surface area contributed by atoms with Crippen LogP contribution in [-0.2, 0) is 11.3 Å². The molecule has 1 amide bonds. The lowest BCUT2D eigenvalue weighted by Crippen LogP contribution is -2.50. The van der Waals surface area contributed by atoms with Crippen molar-refractivity contribution in [3.05, 3.63) is 71.0 Å². The van der Waals surface area contributed by atoms with Crippen LogP contribution in [0, 0.1) is 0 Å². The first-order valence-corrected chi connectivity index (χ1v) is 10.5. The standard InChI is InChI=1S/C24H26N4O4/c1-31-19-7-5-6-18(16-19)20-10-11-23(29)28(25-20)17-24(30)27-14-12-26(13-15-27)21-8-3-4-9-22(21)32-2/h3-11,16H,12-15,17H2,1-2H3. The normalized spacial score (nSPS) is 13.7. The quantitative estimate of drug-likeness (QED) is 0.593. The number of benzene rings is 2. The van der Waals surface area contributed by atoms with Gasteiger partial charge in [0.15, 0.2) is 0 Å². The number of hydrogen-bond donors (Lipinski definition) is 0. The van der Waals surface area contributed by atoms with Gasteiger partial charge < -0.3 is 19.3 Å². The summed E-state index contributed by atoms with van der Waals surface area (Å²) in [5.41, 5.74) is 2.14. The Kier molecular flexibility index (Phi) is 6.39. The molecule has 0 unspecified atom stereocenters. The van der Waals surface area contributed by atoms with E-state index in [4.69, 9.17) is 9.47 Å². The fourth-order valence-electron chi connectivity index (χ4n) is 3.81. The number of carbonyl (C=O) groups excluding carboxylic acids is 1. The van der Waals surface area contributed by atoms with Gasteiger partial charge >= 0.3 is 0 Å². The number of aromatic nitrogens is 2. The first-order valence-electron chi connectivity index (χ1n) is 10.5. The second-order valence-electron chi connectivity index (χ2n) is 7.49. The number of piperazine rings is 1. The van der Waals surface area contributed by atoms with Gasteiger partial charge in [-0.25, -0.2) is 4.68 Å². The van der Waals surface area contributed by atoms with Crippen molar-refractivity contribution >= 4 is 11.6 Å². The van der Waals surface area contributed by atoms with E-state index in [9.17, 15) is 9.59 Å². The van der Waals surface area contributed by atoms with Gasteiger partial charge in [-0.2, -0.15) is 5.10 Å². The first kappa shape index (κ1) is 21.4. The van der Waals surface area contributed by atoms with Gasteiger partial charge in [0.05, 0.1) is 25.6 Å². The maximum atomic E-state index is 12.9. The topological polar surface area (TPSA) is 76.9 Å². The lowest BCUT2D eigenvalue weighted by Gasteiger charge is -2.36. The molecule has 0 radical (unpaired) electrons. The number of para-hydroxylation sites is 2. The molecule has 3 aromatic rings. The van der Waals surface area contributed by atoms with Gasteiger partial charge in [-0.05, 0) is 30.3 Å². The molecule has 8 nitrogen and oxygen atoms in total. The minimum absolute atomic E-state index is 0.0920. The molecule has 8 heteroatoms. The third-order valence-electron chi connectivity index (χ3n) is 5.58. The molecule has 0 saturated carbocycles. The van der Waals surface area contributed by atoms with Crippen molar-refractivity contribution in [2.45, 2.75) is 6.54 Å². The van der Waals surface area contributed by atoms with Crippen molar-refractivity contribution in [3.63, 3.8) is 0 Å². The maximum absolute atomic E-state index is 12.9. The van der Waals surface area contributed by atoms with Crippen LogP contribution in [0.15, 0.2) is 65.5 Å². The maximum Gasteiger partial charge on any atom is 0.267 e. The van der Waals surface area contributed by atoms with E-state index in [0.29, 0.717) is 37.6 Å². The number of anilines is 1. The largest absolute Gasteiger partial charge is 0.497 e. The summed E-state index contributed by atoms with van der Waals surface area (Å²) in [7, 11) is 3.25. The number of methoxy groups -OCH3 is 2. The number of hydrogen-bond acceptors (Lipinski definition) is 6. The van der Waals surface area contributed by atoms with Crippen LogP contribution >= 0.6 is 0 Å². The van der Waals surface area contributed by atoms with Gasteiger partial charge in [0.25, 0.3) is 5.56 Å². The summed E-state index contributed by atoms with van der Waals surface area (Å²) >= 11 is 0. The molecule has 2 aromatic carbocycles. The minimum Gasteiger partial charge on any atom is -0.497 e. The fourth-order valence-corrected chi connectivity index (χ4v) is 3.81. The van der Waals surface area contributed by atoms with Crippen molar-refractivity contribution in [1.82, 2.24) is 14.7 Å². The van der Waals surface area contributed by atoms with Crippen LogP contribution in [0.1, 0.15) is 0 Å². The minimum atomic E-state index is -0.308. The van der Waals surface area contributed by atoms with Gasteiger partial charge in [-0.15, -0.1) is 0 Å². The van der Waals surface area contributed by atoms with Gasteiger partial charge in [-0.3, -0.25) is 9.59 Å². The summed E-state index contributed by atoms with van der Waals surface area (Å²) in [6.45, 7) is 2.43. The third kappa shape index (κ3) is 4.59. The summed E-state index contributed by atoms with van der Waals surface area (Å²) < 4.78 is 11.9. The molecule has 2 heterocycles. The van der Waals surface area contributed by atoms with E-state index in [1.54, 1.807) is 25.2 Å². The van der Waals surface area contributed by atoms with Crippen LogP contribution in [0.3, 0.4) is 0 Å². The van der Waals surface area contributed by atoms with Crippen LogP contribution < -0.4 is 19.9 Å². The van der Waals surface area contributed by atoms with E-state index in [-0.39, 0.29) is 18.0 Å². The molecule has 1 saturated heterocycles. The highest BCUT2D eigenvalue weighted by atomic mass is 16.5. The van der Waals surface area contributed by atoms with Gasteiger partial charge in [0.2, 0.25) is 5.91 Å². The molecular formula is C24H26N4O4. The Morgan fingerprint density at radius 1 is 0.938 bits per heavy atom. The van der Waals surface area contributed by atoms with Crippen molar-refractivity contribution < 1.29 is 14.3 Å². The summed E-state index contributed by atoms with van der Waals surface area (Å²) in [6.07, 6.45) is 0. The van der Waals surface area contributed by atoms with E-state index in [2.05, 4.69) is 10.00 Å². The Bertz CT molecular complexity index is 1150. The van der Waals surface area contributed by atoms with Crippen LogP contribution in [0.5, 0.6) is 11.5 Å². The van der Waals surface area contributed by atoms with Crippen molar-refractivity contribution in [1.29, 1.82) is 0 Å². The predicted octanol–water partition coefficient (Wildman–Crippen LogP) is 2.28. The van der Waals surface area contributed by atoms with Crippen LogP contribution in [0.4, 0.5) is 5.69 Å². The Morgan fingerprint density at radius 3 is 2.47 bits per heavy atom. The number of amides is 1. The molecule has 0 aliphatic carbocycles. The van der Waals surface area contributed by atoms with Crippen molar-refractivity contribution in [3.8, 4) is 22.8 Å². The Morgan fingerprint density at radius 2 is 1.72 bits per heavy atom. The zero-order valence-corrected chi connectivity index (χ0v) is 18.2. The summed E-state index contributed by atoms with van der Waals surface area (Å²) in [6, 6.07) is 18.4. The Balaban J connectivity index is 1.44.